The van der Waals surface area contributed by atoms with Crippen LogP contribution in [0.3, 0.4) is 0 Å². The minimum atomic E-state index is -0.132. The summed E-state index contributed by atoms with van der Waals surface area (Å²) in [6.45, 7) is 3.05. The largest absolute Gasteiger partial charge is 0.466 e. The number of esters is 1. The van der Waals surface area contributed by atoms with Gasteiger partial charge in [-0.15, -0.1) is 0 Å². The Kier molecular flexibility index (Phi) is 5.87. The maximum absolute atomic E-state index is 11.1. The molecule has 2 unspecified atom stereocenters. The first-order valence-electron chi connectivity index (χ1n) is 6.06. The summed E-state index contributed by atoms with van der Waals surface area (Å²) in [7, 11) is 0. The lowest BCUT2D eigenvalue weighted by atomic mass is 10.1. The molecule has 0 radical (unpaired) electrons. The fraction of sp³-hybridized carbons (Fsp3) is 0.833. The molecule has 1 rings (SSSR count). The second-order valence-electron chi connectivity index (χ2n) is 4.14. The molecular formula is C12H20N2O2. The van der Waals surface area contributed by atoms with Crippen LogP contribution in [0.2, 0.25) is 0 Å². The van der Waals surface area contributed by atoms with Crippen LogP contribution >= 0.6 is 0 Å². The van der Waals surface area contributed by atoms with Crippen molar-refractivity contribution in [3.63, 3.8) is 0 Å². The van der Waals surface area contributed by atoms with Crippen LogP contribution < -0.4 is 5.32 Å². The molecule has 90 valence electrons. The number of nitrogens with one attached hydrogen (secondary N) is 1. The third-order valence-electron chi connectivity index (χ3n) is 2.95. The number of ether oxygens (including phenoxy) is 1. The second-order valence-corrected chi connectivity index (χ2v) is 4.14. The van der Waals surface area contributed by atoms with Crippen LogP contribution in [-0.2, 0) is 9.53 Å². The zero-order valence-electron chi connectivity index (χ0n) is 9.87. The van der Waals surface area contributed by atoms with Gasteiger partial charge in [0, 0.05) is 12.5 Å². The van der Waals surface area contributed by atoms with Gasteiger partial charge in [-0.2, -0.15) is 5.26 Å². The number of nitriles is 1. The summed E-state index contributed by atoms with van der Waals surface area (Å²) in [5.74, 6) is 0.0233. The lowest BCUT2D eigenvalue weighted by molar-refractivity contribution is -0.143. The monoisotopic (exact) mass is 224 g/mol. The van der Waals surface area contributed by atoms with Crippen molar-refractivity contribution in [3.05, 3.63) is 0 Å². The molecule has 16 heavy (non-hydrogen) atoms. The van der Waals surface area contributed by atoms with Crippen LogP contribution in [0.25, 0.3) is 0 Å². The maximum atomic E-state index is 11.1. The van der Waals surface area contributed by atoms with Crippen LogP contribution in [0, 0.1) is 17.2 Å². The van der Waals surface area contributed by atoms with Crippen molar-refractivity contribution in [2.45, 2.75) is 45.1 Å². The summed E-state index contributed by atoms with van der Waals surface area (Å²) in [6.07, 6.45) is 4.47. The predicted octanol–water partition coefficient (Wildman–Crippen LogP) is 1.61. The predicted molar refractivity (Wildman–Crippen MR) is 60.6 cm³/mol. The first-order chi connectivity index (χ1) is 7.77. The Labute approximate surface area is 97.0 Å². The Bertz CT molecular complexity index is 260. The van der Waals surface area contributed by atoms with Crippen LogP contribution in [-0.4, -0.2) is 25.2 Å². The van der Waals surface area contributed by atoms with Crippen molar-refractivity contribution in [1.29, 1.82) is 5.26 Å². The number of carbonyl (C=O) groups excluding carboxylic acids is 1. The Morgan fingerprint density at radius 1 is 1.56 bits per heavy atom. The average Bonchev–Trinajstić information content (AvgIpc) is 2.72. The van der Waals surface area contributed by atoms with E-state index >= 15 is 0 Å². The van der Waals surface area contributed by atoms with Crippen LogP contribution in [0.5, 0.6) is 0 Å². The number of rotatable bonds is 6. The molecule has 0 spiro atoms. The SMILES string of the molecule is CCOC(=O)CCCNC1CCCC1C#N. The van der Waals surface area contributed by atoms with Gasteiger partial charge < -0.3 is 10.1 Å². The summed E-state index contributed by atoms with van der Waals surface area (Å²) >= 11 is 0. The lowest BCUT2D eigenvalue weighted by Gasteiger charge is -2.14. The van der Waals surface area contributed by atoms with Gasteiger partial charge in [-0.05, 0) is 32.7 Å². The van der Waals surface area contributed by atoms with Gasteiger partial charge in [0.1, 0.15) is 0 Å². The molecule has 1 fully saturated rings. The summed E-state index contributed by atoms with van der Waals surface area (Å²) < 4.78 is 4.84. The first-order valence-corrected chi connectivity index (χ1v) is 6.06. The molecule has 0 saturated heterocycles. The third-order valence-corrected chi connectivity index (χ3v) is 2.95. The van der Waals surface area contributed by atoms with Gasteiger partial charge in [0.05, 0.1) is 18.6 Å². The molecule has 1 N–H and O–H groups in total. The topological polar surface area (TPSA) is 62.1 Å². The van der Waals surface area contributed by atoms with E-state index in [1.807, 2.05) is 6.92 Å². The smallest absolute Gasteiger partial charge is 0.305 e. The fourth-order valence-corrected chi connectivity index (χ4v) is 2.11. The highest BCUT2D eigenvalue weighted by Crippen LogP contribution is 2.24. The second kappa shape index (κ2) is 7.24. The molecule has 2 atom stereocenters. The van der Waals surface area contributed by atoms with Gasteiger partial charge in [-0.3, -0.25) is 4.79 Å². The van der Waals surface area contributed by atoms with Crippen LogP contribution in [0.15, 0.2) is 0 Å². The van der Waals surface area contributed by atoms with E-state index in [1.54, 1.807) is 0 Å². The molecule has 0 aromatic carbocycles. The molecule has 4 nitrogen and oxygen atoms in total. The Morgan fingerprint density at radius 2 is 2.38 bits per heavy atom. The van der Waals surface area contributed by atoms with E-state index in [9.17, 15) is 4.79 Å². The van der Waals surface area contributed by atoms with Gasteiger partial charge >= 0.3 is 5.97 Å². The number of hydrogen-bond acceptors (Lipinski definition) is 4. The first kappa shape index (κ1) is 13.0. The quantitative estimate of drug-likeness (QED) is 0.550. The highest BCUT2D eigenvalue weighted by molar-refractivity contribution is 5.69. The van der Waals surface area contributed by atoms with E-state index in [2.05, 4.69) is 11.4 Å². The van der Waals surface area contributed by atoms with E-state index in [0.717, 1.165) is 32.2 Å². The molecule has 0 aromatic heterocycles. The number of hydrogen-bond donors (Lipinski definition) is 1. The van der Waals surface area contributed by atoms with Crippen LogP contribution in [0.4, 0.5) is 0 Å². The van der Waals surface area contributed by atoms with E-state index in [0.29, 0.717) is 19.1 Å². The highest BCUT2D eigenvalue weighted by atomic mass is 16.5. The molecule has 0 amide bonds. The maximum Gasteiger partial charge on any atom is 0.305 e. The summed E-state index contributed by atoms with van der Waals surface area (Å²) in [4.78, 5) is 11.1. The fourth-order valence-electron chi connectivity index (χ4n) is 2.11. The van der Waals surface area contributed by atoms with E-state index < -0.39 is 0 Å². The number of nitrogens with zero attached hydrogens (tertiary/aromatic N) is 1. The van der Waals surface area contributed by atoms with Gasteiger partial charge in [0.15, 0.2) is 0 Å². The van der Waals surface area contributed by atoms with Gasteiger partial charge in [0.25, 0.3) is 0 Å². The molecule has 0 bridgehead atoms. The van der Waals surface area contributed by atoms with E-state index in [-0.39, 0.29) is 11.9 Å². The minimum Gasteiger partial charge on any atom is -0.466 e. The molecule has 0 aromatic rings. The van der Waals surface area contributed by atoms with Gasteiger partial charge in [-0.25, -0.2) is 0 Å². The normalized spacial score (nSPS) is 24.0. The lowest BCUT2D eigenvalue weighted by Crippen LogP contribution is -2.32. The third kappa shape index (κ3) is 4.19. The minimum absolute atomic E-state index is 0.132. The van der Waals surface area contributed by atoms with Gasteiger partial charge in [-0.1, -0.05) is 6.42 Å². The highest BCUT2D eigenvalue weighted by Gasteiger charge is 2.26. The van der Waals surface area contributed by atoms with Crippen molar-refractivity contribution in [1.82, 2.24) is 5.32 Å². The molecule has 1 aliphatic rings. The molecule has 4 heteroatoms. The van der Waals surface area contributed by atoms with E-state index in [1.165, 1.54) is 0 Å². The summed E-state index contributed by atoms with van der Waals surface area (Å²) in [6, 6.07) is 2.66. The summed E-state index contributed by atoms with van der Waals surface area (Å²) in [5.41, 5.74) is 0. The zero-order valence-corrected chi connectivity index (χ0v) is 9.87. The molecule has 0 aliphatic heterocycles. The van der Waals surface area contributed by atoms with Crippen LogP contribution in [0.1, 0.15) is 39.0 Å². The Morgan fingerprint density at radius 3 is 3.06 bits per heavy atom. The zero-order chi connectivity index (χ0) is 11.8. The van der Waals surface area contributed by atoms with Crippen molar-refractivity contribution < 1.29 is 9.53 Å². The molecule has 1 saturated carbocycles. The molecule has 0 heterocycles. The Balaban J connectivity index is 2.07. The van der Waals surface area contributed by atoms with E-state index in [4.69, 9.17) is 10.00 Å². The van der Waals surface area contributed by atoms with Crippen molar-refractivity contribution in [3.8, 4) is 6.07 Å². The average molecular weight is 224 g/mol. The number of carbonyl (C=O) groups is 1. The standard InChI is InChI=1S/C12H20N2O2/c1-2-16-12(15)7-4-8-14-11-6-3-5-10(11)9-13/h10-11,14H,2-8H2,1H3. The van der Waals surface area contributed by atoms with Gasteiger partial charge in [0.2, 0.25) is 0 Å². The Hall–Kier alpha value is -1.08. The van der Waals surface area contributed by atoms with Crippen molar-refractivity contribution >= 4 is 5.97 Å². The van der Waals surface area contributed by atoms with Crippen molar-refractivity contribution in [2.24, 2.45) is 5.92 Å². The summed E-state index contributed by atoms with van der Waals surface area (Å²) in [5, 5.41) is 12.2. The van der Waals surface area contributed by atoms with Crippen molar-refractivity contribution in [2.75, 3.05) is 13.2 Å². The molecular weight excluding hydrogens is 204 g/mol. The molecule has 1 aliphatic carbocycles.